The van der Waals surface area contributed by atoms with Crippen LogP contribution in [0.4, 0.5) is 0 Å². The number of unbranched alkanes of at least 4 members (excludes halogenated alkanes) is 13. The predicted molar refractivity (Wildman–Crippen MR) is 98.4 cm³/mol. The fraction of sp³-hybridized carbons (Fsp3) is 1.00. The fourth-order valence-corrected chi connectivity index (χ4v) is 2.27. The van der Waals surface area contributed by atoms with E-state index >= 15 is 0 Å². The van der Waals surface area contributed by atoms with E-state index in [1.165, 1.54) is 89.9 Å². The molecule has 0 rings (SSSR count). The van der Waals surface area contributed by atoms with E-state index in [9.17, 15) is 0 Å². The Kier molecular flexibility index (Phi) is 42.6. The molecule has 0 bridgehead atoms. The summed E-state index contributed by atoms with van der Waals surface area (Å²) >= 11 is 0. The van der Waals surface area contributed by atoms with Gasteiger partial charge in [-0.15, -0.1) is 0 Å². The maximum Gasteiger partial charge on any atom is 1.00 e. The molecule has 0 aromatic rings. The molecule has 0 radical (unpaired) electrons. The Morgan fingerprint density at radius 1 is 0.455 bits per heavy atom. The van der Waals surface area contributed by atoms with Crippen molar-refractivity contribution >= 4 is 0 Å². The summed E-state index contributed by atoms with van der Waals surface area (Å²) in [5, 5.41) is 0. The van der Waals surface area contributed by atoms with Crippen molar-refractivity contribution in [3.8, 4) is 0 Å². The smallest absolute Gasteiger partial charge is 0.312 e. The van der Waals surface area contributed by atoms with E-state index in [4.69, 9.17) is 0 Å². The molecular formula is C19H45ClNNa+2. The molecule has 22 heavy (non-hydrogen) atoms. The van der Waals surface area contributed by atoms with E-state index in [2.05, 4.69) is 13.8 Å². The Bertz CT molecular complexity index is 138. The molecule has 0 aromatic heterocycles. The van der Waals surface area contributed by atoms with Gasteiger partial charge < -0.3 is 4.90 Å². The number of rotatable bonds is 13. The van der Waals surface area contributed by atoms with Crippen LogP contribution >= 0.6 is 0 Å². The van der Waals surface area contributed by atoms with Gasteiger partial charge in [0.1, 0.15) is 0 Å². The van der Waals surface area contributed by atoms with Crippen molar-refractivity contribution in [1.82, 2.24) is 4.90 Å². The van der Waals surface area contributed by atoms with Crippen molar-refractivity contribution in [2.24, 2.45) is 0 Å². The van der Waals surface area contributed by atoms with Crippen molar-refractivity contribution in [3.05, 3.63) is 0 Å². The molecule has 0 aliphatic heterocycles. The molecule has 0 amide bonds. The fourth-order valence-electron chi connectivity index (χ4n) is 2.27. The predicted octanol–water partition coefficient (Wildman–Crippen LogP) is 3.13. The second kappa shape index (κ2) is 30.2. The van der Waals surface area contributed by atoms with Gasteiger partial charge in [0.2, 0.25) is 0 Å². The van der Waals surface area contributed by atoms with Crippen LogP contribution < -0.4 is 29.6 Å². The van der Waals surface area contributed by atoms with E-state index in [0.717, 1.165) is 0 Å². The summed E-state index contributed by atoms with van der Waals surface area (Å²) in [6.07, 6.45) is 20.4. The summed E-state index contributed by atoms with van der Waals surface area (Å²) in [6, 6.07) is 0. The number of nitrogens with zero attached hydrogens (tertiary/aromatic N) is 1. The maximum absolute atomic E-state index is 2.29. The topological polar surface area (TPSA) is 3.24 Å². The zero-order valence-corrected chi connectivity index (χ0v) is 19.7. The summed E-state index contributed by atoms with van der Waals surface area (Å²) < 4.78 is 0. The molecule has 3 heteroatoms. The van der Waals surface area contributed by atoms with Gasteiger partial charge in [0.25, 0.3) is 0 Å². The van der Waals surface area contributed by atoms with Gasteiger partial charge in [0.05, 0.1) is 12.4 Å². The minimum Gasteiger partial charge on any atom is -0.312 e. The summed E-state index contributed by atoms with van der Waals surface area (Å²) in [5.74, 6) is 0. The molecule has 0 saturated heterocycles. The molecule has 0 unspecified atom stereocenters. The van der Waals surface area contributed by atoms with Gasteiger partial charge in [-0.3, -0.25) is 0 Å². The summed E-state index contributed by atoms with van der Waals surface area (Å²) in [5.41, 5.74) is 0. The van der Waals surface area contributed by atoms with Crippen LogP contribution in [0.15, 0.2) is 0 Å². The second-order valence-electron chi connectivity index (χ2n) is 6.58. The number of hydrogen-bond donors (Lipinski definition) is 0. The van der Waals surface area contributed by atoms with Gasteiger partial charge in [0.15, 0.2) is 0 Å². The van der Waals surface area contributed by atoms with E-state index in [-0.39, 0.29) is 42.0 Å². The molecule has 0 heterocycles. The van der Waals surface area contributed by atoms with Crippen LogP contribution in [0.3, 0.4) is 0 Å². The molecule has 0 fully saturated rings. The van der Waals surface area contributed by atoms with Crippen LogP contribution in [0.1, 0.15) is 104 Å². The normalized spacial score (nSPS) is 9.55. The molecule has 1 nitrogen and oxygen atoms in total. The Balaban J connectivity index is -0.000000240. The summed E-state index contributed by atoms with van der Waals surface area (Å²) in [4.78, 5) is 2.00. The van der Waals surface area contributed by atoms with Crippen LogP contribution in [0.5, 0.6) is 0 Å². The standard InChI is InChI=1S/C16H34.C3H9N.ClH2.Na/c1-3-5-7-9-11-13-15-16-14-12-10-8-6-4-2;1-4(2)3;;/h3-16H2,1-2H3;1-3H3;1H2;/q;;2*+1. The maximum atomic E-state index is 2.29. The SMILES string of the molecule is CCCCCCCCCCCCCCCC.CN(C)C.[ClH2+].[Na+]. The van der Waals surface area contributed by atoms with Crippen LogP contribution in [0.25, 0.3) is 0 Å². The first kappa shape index (κ1) is 31.1. The van der Waals surface area contributed by atoms with E-state index in [0.29, 0.717) is 0 Å². The van der Waals surface area contributed by atoms with Gasteiger partial charge in [-0.1, -0.05) is 104 Å². The van der Waals surface area contributed by atoms with E-state index in [1.807, 2.05) is 26.0 Å². The van der Waals surface area contributed by atoms with Gasteiger partial charge in [-0.05, 0) is 21.1 Å². The Hall–Kier alpha value is 1.25. The zero-order chi connectivity index (χ0) is 15.5. The molecule has 0 aliphatic rings. The molecule has 0 saturated carbocycles. The van der Waals surface area contributed by atoms with Crippen LogP contribution in [0, 0.1) is 12.4 Å². The van der Waals surface area contributed by atoms with Crippen molar-refractivity contribution in [1.29, 1.82) is 0 Å². The third-order valence-corrected chi connectivity index (χ3v) is 3.46. The van der Waals surface area contributed by atoms with E-state index < -0.39 is 0 Å². The Labute approximate surface area is 171 Å². The Morgan fingerprint density at radius 2 is 0.591 bits per heavy atom. The largest absolute Gasteiger partial charge is 1.00 e. The first-order valence-electron chi connectivity index (χ1n) is 9.26. The van der Waals surface area contributed by atoms with Crippen LogP contribution in [0.2, 0.25) is 0 Å². The number of hydrogen-bond acceptors (Lipinski definition) is 1. The van der Waals surface area contributed by atoms with Crippen molar-refractivity contribution in [3.63, 3.8) is 0 Å². The minimum atomic E-state index is 0. The third-order valence-electron chi connectivity index (χ3n) is 3.46. The average molecular weight is 346 g/mol. The molecule has 132 valence electrons. The number of halogens is 1. The molecular weight excluding hydrogens is 301 g/mol. The molecule has 0 atom stereocenters. The Morgan fingerprint density at radius 3 is 0.727 bits per heavy atom. The van der Waals surface area contributed by atoms with Crippen molar-refractivity contribution in [2.45, 2.75) is 104 Å². The minimum absolute atomic E-state index is 0. The summed E-state index contributed by atoms with van der Waals surface area (Å²) in [6.45, 7) is 4.58. The average Bonchev–Trinajstić information content (AvgIpc) is 2.39. The molecule has 0 aromatic carbocycles. The molecule has 0 aliphatic carbocycles. The first-order valence-corrected chi connectivity index (χ1v) is 9.26. The monoisotopic (exact) mass is 345 g/mol. The van der Waals surface area contributed by atoms with Crippen molar-refractivity contribution < 1.29 is 42.0 Å². The second-order valence-corrected chi connectivity index (χ2v) is 6.58. The zero-order valence-electron chi connectivity index (χ0n) is 16.8. The molecule has 0 N–H and O–H groups in total. The third kappa shape index (κ3) is 42.9. The van der Waals surface area contributed by atoms with E-state index in [1.54, 1.807) is 0 Å². The van der Waals surface area contributed by atoms with Gasteiger partial charge in [-0.2, -0.15) is 0 Å². The van der Waals surface area contributed by atoms with Crippen molar-refractivity contribution in [2.75, 3.05) is 21.1 Å². The molecule has 0 spiro atoms. The summed E-state index contributed by atoms with van der Waals surface area (Å²) in [7, 11) is 6.00. The van der Waals surface area contributed by atoms with Gasteiger partial charge in [-0.25, -0.2) is 0 Å². The van der Waals surface area contributed by atoms with Gasteiger partial charge in [0, 0.05) is 0 Å². The van der Waals surface area contributed by atoms with Gasteiger partial charge >= 0.3 is 29.6 Å². The first-order chi connectivity index (χ1) is 9.65. The quantitative estimate of drug-likeness (QED) is 0.366. The van der Waals surface area contributed by atoms with Crippen LogP contribution in [-0.4, -0.2) is 26.0 Å². The van der Waals surface area contributed by atoms with Crippen LogP contribution in [-0.2, 0) is 0 Å².